The van der Waals surface area contributed by atoms with E-state index in [2.05, 4.69) is 19.7 Å². The van der Waals surface area contributed by atoms with Gasteiger partial charge < -0.3 is 10.2 Å². The van der Waals surface area contributed by atoms with Gasteiger partial charge in [-0.15, -0.1) is 0 Å². The van der Waals surface area contributed by atoms with Crippen molar-refractivity contribution < 1.29 is 12.8 Å². The van der Waals surface area contributed by atoms with Gasteiger partial charge in [-0.1, -0.05) is 0 Å². The second-order valence-corrected chi connectivity index (χ2v) is 5.64. The van der Waals surface area contributed by atoms with Gasteiger partial charge in [0.05, 0.1) is 24.6 Å². The number of rotatable bonds is 4. The van der Waals surface area contributed by atoms with Crippen LogP contribution in [-0.2, 0) is 10.0 Å². The number of aromatic nitrogens is 3. The summed E-state index contributed by atoms with van der Waals surface area (Å²) in [6.07, 6.45) is 3.79. The molecule has 0 spiro atoms. The van der Waals surface area contributed by atoms with Crippen molar-refractivity contribution in [2.75, 3.05) is 5.73 Å². The zero-order valence-corrected chi connectivity index (χ0v) is 11.2. The smallest absolute Gasteiger partial charge is 0.244 e. The predicted octanol–water partition coefficient (Wildman–Crippen LogP) is 0.395. The molecule has 0 aliphatic rings. The highest BCUT2D eigenvalue weighted by molar-refractivity contribution is 7.89. The molecular formula is C10H13N5O3S. The van der Waals surface area contributed by atoms with Crippen molar-refractivity contribution in [1.29, 1.82) is 0 Å². The first-order valence-corrected chi connectivity index (χ1v) is 6.89. The summed E-state index contributed by atoms with van der Waals surface area (Å²) in [5.74, 6) is 0.907. The van der Waals surface area contributed by atoms with Crippen molar-refractivity contribution in [3.8, 4) is 0 Å². The van der Waals surface area contributed by atoms with E-state index in [-0.39, 0.29) is 16.7 Å². The van der Waals surface area contributed by atoms with Gasteiger partial charge in [0.2, 0.25) is 21.9 Å². The number of aryl methyl sites for hydroxylation is 1. The minimum absolute atomic E-state index is 0.00956. The average molecular weight is 283 g/mol. The molecule has 0 saturated carbocycles. The Hall–Kier alpha value is -2.00. The van der Waals surface area contributed by atoms with Crippen LogP contribution in [0, 0.1) is 6.92 Å². The molecule has 1 unspecified atom stereocenters. The highest BCUT2D eigenvalue weighted by atomic mass is 32.2. The van der Waals surface area contributed by atoms with Crippen LogP contribution in [0.15, 0.2) is 27.9 Å². The van der Waals surface area contributed by atoms with Gasteiger partial charge in [-0.2, -0.15) is 4.72 Å². The van der Waals surface area contributed by atoms with Gasteiger partial charge in [-0.05, 0) is 13.8 Å². The average Bonchev–Trinajstić information content (AvgIpc) is 2.76. The van der Waals surface area contributed by atoms with Crippen LogP contribution < -0.4 is 10.5 Å². The third kappa shape index (κ3) is 3.06. The molecule has 3 N–H and O–H groups in total. The number of oxazole rings is 1. The van der Waals surface area contributed by atoms with E-state index in [0.29, 0.717) is 5.76 Å². The molecule has 9 heteroatoms. The maximum absolute atomic E-state index is 12.0. The SMILES string of the molecule is Cc1cnc(C(C)NS(=O)(=O)c2cnc(N)nc2)o1. The van der Waals surface area contributed by atoms with Crippen molar-refractivity contribution in [3.63, 3.8) is 0 Å². The second-order valence-electron chi connectivity index (χ2n) is 3.93. The van der Waals surface area contributed by atoms with Gasteiger partial charge >= 0.3 is 0 Å². The highest BCUT2D eigenvalue weighted by Gasteiger charge is 2.21. The normalized spacial score (nSPS) is 13.4. The van der Waals surface area contributed by atoms with Crippen LogP contribution in [0.1, 0.15) is 24.6 Å². The van der Waals surface area contributed by atoms with Crippen LogP contribution >= 0.6 is 0 Å². The summed E-state index contributed by atoms with van der Waals surface area (Å²) in [5.41, 5.74) is 5.30. The van der Waals surface area contributed by atoms with Crippen molar-refractivity contribution >= 4 is 16.0 Å². The largest absolute Gasteiger partial charge is 0.444 e. The summed E-state index contributed by atoms with van der Waals surface area (Å²) in [4.78, 5) is 11.2. The summed E-state index contributed by atoms with van der Waals surface area (Å²) in [6, 6.07) is -0.601. The van der Waals surface area contributed by atoms with Crippen LogP contribution in [-0.4, -0.2) is 23.4 Å². The molecule has 0 amide bonds. The summed E-state index contributed by atoms with van der Waals surface area (Å²) in [7, 11) is -3.75. The van der Waals surface area contributed by atoms with E-state index in [4.69, 9.17) is 10.2 Å². The lowest BCUT2D eigenvalue weighted by atomic mass is 10.4. The van der Waals surface area contributed by atoms with E-state index in [9.17, 15) is 8.42 Å². The molecule has 0 bridgehead atoms. The maximum atomic E-state index is 12.0. The minimum Gasteiger partial charge on any atom is -0.444 e. The first-order chi connectivity index (χ1) is 8.88. The van der Waals surface area contributed by atoms with Gasteiger partial charge in [0.1, 0.15) is 10.7 Å². The van der Waals surface area contributed by atoms with Gasteiger partial charge in [0, 0.05) is 0 Å². The summed E-state index contributed by atoms with van der Waals surface area (Å²) < 4.78 is 31.7. The standard InChI is InChI=1S/C10H13N5O3S/c1-6-3-12-9(18-6)7(2)15-19(16,17)8-4-13-10(11)14-5-8/h3-5,7,15H,1-2H3,(H2,11,13,14). The first kappa shape index (κ1) is 13.4. The van der Waals surface area contributed by atoms with Gasteiger partial charge in [0.15, 0.2) is 0 Å². The molecule has 0 saturated heterocycles. The number of hydrogen-bond acceptors (Lipinski definition) is 7. The molecule has 0 radical (unpaired) electrons. The molecule has 2 aromatic rings. The molecule has 0 fully saturated rings. The minimum atomic E-state index is -3.75. The number of sulfonamides is 1. The molecule has 2 aromatic heterocycles. The number of nitrogens with zero attached hydrogens (tertiary/aromatic N) is 3. The van der Waals surface area contributed by atoms with Crippen molar-refractivity contribution in [2.24, 2.45) is 0 Å². The van der Waals surface area contributed by atoms with Crippen LogP contribution in [0.4, 0.5) is 5.95 Å². The first-order valence-electron chi connectivity index (χ1n) is 5.40. The summed E-state index contributed by atoms with van der Waals surface area (Å²) in [6.45, 7) is 3.35. The number of nitrogens with two attached hydrogens (primary N) is 1. The Balaban J connectivity index is 2.19. The van der Waals surface area contributed by atoms with Crippen molar-refractivity contribution in [2.45, 2.75) is 24.8 Å². The summed E-state index contributed by atoms with van der Waals surface area (Å²) in [5, 5.41) is 0. The quantitative estimate of drug-likeness (QED) is 0.831. The molecule has 2 rings (SSSR count). The summed E-state index contributed by atoms with van der Waals surface area (Å²) >= 11 is 0. The number of anilines is 1. The molecule has 102 valence electrons. The monoisotopic (exact) mass is 283 g/mol. The lowest BCUT2D eigenvalue weighted by Crippen LogP contribution is -2.27. The van der Waals surface area contributed by atoms with Crippen LogP contribution in [0.25, 0.3) is 0 Å². The molecule has 0 aliphatic heterocycles. The molecule has 2 heterocycles. The Morgan fingerprint density at radius 1 is 1.26 bits per heavy atom. The lowest BCUT2D eigenvalue weighted by Gasteiger charge is -2.10. The molecule has 0 aromatic carbocycles. The van der Waals surface area contributed by atoms with Crippen molar-refractivity contribution in [3.05, 3.63) is 30.2 Å². The van der Waals surface area contributed by atoms with Crippen LogP contribution in [0.5, 0.6) is 0 Å². The Morgan fingerprint density at radius 3 is 2.42 bits per heavy atom. The van der Waals surface area contributed by atoms with Gasteiger partial charge in [-0.25, -0.2) is 23.4 Å². The van der Waals surface area contributed by atoms with E-state index in [0.717, 1.165) is 12.4 Å². The molecule has 19 heavy (non-hydrogen) atoms. The van der Waals surface area contributed by atoms with E-state index < -0.39 is 16.1 Å². The Bertz CT molecular complexity index is 665. The van der Waals surface area contributed by atoms with E-state index in [1.54, 1.807) is 13.8 Å². The number of nitrogens with one attached hydrogen (secondary N) is 1. The fraction of sp³-hybridized carbons (Fsp3) is 0.300. The number of nitrogen functional groups attached to an aromatic ring is 1. The third-order valence-corrected chi connectivity index (χ3v) is 3.80. The third-order valence-electron chi connectivity index (χ3n) is 2.30. The Kier molecular flexibility index (Phi) is 3.49. The van der Waals surface area contributed by atoms with Crippen LogP contribution in [0.3, 0.4) is 0 Å². The fourth-order valence-electron chi connectivity index (χ4n) is 1.39. The maximum Gasteiger partial charge on any atom is 0.244 e. The molecule has 0 aliphatic carbocycles. The highest BCUT2D eigenvalue weighted by Crippen LogP contribution is 2.16. The predicted molar refractivity (Wildman–Crippen MR) is 66.4 cm³/mol. The number of hydrogen-bond donors (Lipinski definition) is 2. The molecular weight excluding hydrogens is 270 g/mol. The molecule has 1 atom stereocenters. The van der Waals surface area contributed by atoms with E-state index in [1.807, 2.05) is 0 Å². The van der Waals surface area contributed by atoms with E-state index >= 15 is 0 Å². The van der Waals surface area contributed by atoms with Crippen molar-refractivity contribution in [1.82, 2.24) is 19.7 Å². The van der Waals surface area contributed by atoms with Crippen LogP contribution in [0.2, 0.25) is 0 Å². The lowest BCUT2D eigenvalue weighted by molar-refractivity contribution is 0.427. The van der Waals surface area contributed by atoms with E-state index in [1.165, 1.54) is 6.20 Å². The Morgan fingerprint density at radius 2 is 1.89 bits per heavy atom. The van der Waals surface area contributed by atoms with Gasteiger partial charge in [0.25, 0.3) is 0 Å². The Labute approximate surface area is 110 Å². The molecule has 8 nitrogen and oxygen atoms in total. The van der Waals surface area contributed by atoms with Gasteiger partial charge in [-0.3, -0.25) is 0 Å². The topological polar surface area (TPSA) is 124 Å². The fourth-order valence-corrected chi connectivity index (χ4v) is 2.47. The zero-order chi connectivity index (χ0) is 14.0. The zero-order valence-electron chi connectivity index (χ0n) is 10.4. The second kappa shape index (κ2) is 4.94.